The van der Waals surface area contributed by atoms with Crippen LogP contribution in [-0.2, 0) is 4.79 Å². The number of pyridine rings is 1. The predicted molar refractivity (Wildman–Crippen MR) is 118 cm³/mol. The number of hydrogen-bond acceptors (Lipinski definition) is 9. The maximum Gasteiger partial charge on any atom is 0.471 e. The van der Waals surface area contributed by atoms with Crippen molar-refractivity contribution in [2.75, 3.05) is 26.0 Å². The summed E-state index contributed by atoms with van der Waals surface area (Å²) in [5.41, 5.74) is 7.13. The Morgan fingerprint density at radius 3 is 2.71 bits per heavy atom. The molecule has 0 aliphatic carbocycles. The van der Waals surface area contributed by atoms with Gasteiger partial charge in [-0.05, 0) is 24.6 Å². The highest BCUT2D eigenvalue weighted by molar-refractivity contribution is 5.88. The number of hydrogen-bond donors (Lipinski definition) is 2. The van der Waals surface area contributed by atoms with E-state index in [0.29, 0.717) is 39.7 Å². The Kier molecular flexibility index (Phi) is 6.62. The summed E-state index contributed by atoms with van der Waals surface area (Å²) in [6, 6.07) is 8.53. The number of nitrogens with two attached hydrogens (primary N) is 1. The van der Waals surface area contributed by atoms with Gasteiger partial charge in [-0.15, -0.1) is 5.10 Å². The first-order valence-corrected chi connectivity index (χ1v) is 10.2. The number of amides is 1. The van der Waals surface area contributed by atoms with Gasteiger partial charge in [-0.25, -0.2) is 9.97 Å². The lowest BCUT2D eigenvalue weighted by Crippen LogP contribution is -2.37. The second kappa shape index (κ2) is 9.79. The number of nitrogens with one attached hydrogen (secondary N) is 1. The van der Waals surface area contributed by atoms with E-state index in [1.165, 1.54) is 18.1 Å². The molecule has 14 heteroatoms. The minimum absolute atomic E-state index is 0.0122. The number of nitrogen functional groups attached to an aromatic ring is 1. The van der Waals surface area contributed by atoms with Crippen molar-refractivity contribution < 1.29 is 27.4 Å². The molecule has 0 bridgehead atoms. The van der Waals surface area contributed by atoms with Crippen LogP contribution in [0.25, 0.3) is 28.2 Å². The maximum absolute atomic E-state index is 12.3. The molecule has 11 nitrogen and oxygen atoms in total. The van der Waals surface area contributed by atoms with Gasteiger partial charge >= 0.3 is 12.1 Å². The van der Waals surface area contributed by atoms with E-state index in [9.17, 15) is 18.0 Å². The Labute approximate surface area is 196 Å². The first kappa shape index (κ1) is 23.7. The Balaban J connectivity index is 1.59. The van der Waals surface area contributed by atoms with Crippen molar-refractivity contribution in [1.82, 2.24) is 35.0 Å². The molecule has 0 aliphatic rings. The highest BCUT2D eigenvalue weighted by atomic mass is 19.4. The molecule has 3 heterocycles. The average Bonchev–Trinajstić information content (AvgIpc) is 3.24. The smallest absolute Gasteiger partial charge is 0.471 e. The number of carbonyl (C=O) groups excluding carboxylic acids is 1. The molecule has 35 heavy (non-hydrogen) atoms. The Morgan fingerprint density at radius 1 is 1.17 bits per heavy atom. The summed E-state index contributed by atoms with van der Waals surface area (Å²) >= 11 is 0. The molecule has 0 unspecified atom stereocenters. The molecule has 3 N–H and O–H groups in total. The van der Waals surface area contributed by atoms with E-state index in [-0.39, 0.29) is 25.5 Å². The number of rotatable bonds is 8. The monoisotopic (exact) mass is 488 g/mol. The van der Waals surface area contributed by atoms with E-state index in [0.717, 1.165) is 0 Å². The van der Waals surface area contributed by atoms with Gasteiger partial charge in [0.1, 0.15) is 12.0 Å². The Bertz CT molecular complexity index is 1350. The van der Waals surface area contributed by atoms with Crippen LogP contribution in [0.3, 0.4) is 0 Å². The van der Waals surface area contributed by atoms with Crippen LogP contribution in [0, 0.1) is 0 Å². The largest absolute Gasteiger partial charge is 0.493 e. The second-order valence-corrected chi connectivity index (χ2v) is 7.09. The van der Waals surface area contributed by atoms with E-state index in [2.05, 4.69) is 25.0 Å². The second-order valence-electron chi connectivity index (χ2n) is 7.09. The van der Waals surface area contributed by atoms with Crippen molar-refractivity contribution in [1.29, 1.82) is 0 Å². The van der Waals surface area contributed by atoms with Crippen LogP contribution < -0.4 is 20.5 Å². The van der Waals surface area contributed by atoms with Gasteiger partial charge in [0.2, 0.25) is 11.8 Å². The molecule has 1 aromatic carbocycles. The molecule has 0 saturated carbocycles. The van der Waals surface area contributed by atoms with E-state index in [1.54, 1.807) is 41.8 Å². The molecule has 1 amide bonds. The van der Waals surface area contributed by atoms with Crippen LogP contribution in [-0.4, -0.2) is 62.1 Å². The van der Waals surface area contributed by atoms with Crippen LogP contribution in [0.15, 0.2) is 42.9 Å². The van der Waals surface area contributed by atoms with Crippen LogP contribution in [0.5, 0.6) is 11.5 Å². The van der Waals surface area contributed by atoms with Crippen molar-refractivity contribution >= 4 is 22.8 Å². The number of carbonyl (C=O) groups is 1. The molecule has 0 spiro atoms. The number of fused-ring (bicyclic) bond motifs is 1. The molecule has 0 aliphatic heterocycles. The molecule has 0 fully saturated rings. The molecule has 4 rings (SSSR count). The average molecular weight is 488 g/mol. The molecule has 0 saturated heterocycles. The van der Waals surface area contributed by atoms with Gasteiger partial charge in [-0.2, -0.15) is 22.8 Å². The molecule has 182 valence electrons. The minimum atomic E-state index is -4.93. The number of benzene rings is 1. The third-order valence-corrected chi connectivity index (χ3v) is 4.75. The topological polar surface area (TPSA) is 143 Å². The molecule has 0 radical (unpaired) electrons. The fourth-order valence-electron chi connectivity index (χ4n) is 3.13. The number of alkyl halides is 3. The number of methoxy groups -OCH3 is 1. The molecular weight excluding hydrogens is 469 g/mol. The lowest BCUT2D eigenvalue weighted by Gasteiger charge is -2.13. The van der Waals surface area contributed by atoms with Crippen molar-refractivity contribution in [2.45, 2.75) is 12.6 Å². The zero-order valence-electron chi connectivity index (χ0n) is 18.3. The summed E-state index contributed by atoms with van der Waals surface area (Å²) in [4.78, 5) is 27.9. The van der Waals surface area contributed by atoms with Crippen molar-refractivity contribution in [2.24, 2.45) is 0 Å². The quantitative estimate of drug-likeness (QED) is 0.357. The zero-order valence-corrected chi connectivity index (χ0v) is 18.3. The van der Waals surface area contributed by atoms with Crippen LogP contribution in [0.1, 0.15) is 6.42 Å². The van der Waals surface area contributed by atoms with Gasteiger partial charge in [0.05, 0.1) is 19.2 Å². The molecule has 4 aromatic rings. The fraction of sp³-hybridized carbons (Fsp3) is 0.238. The van der Waals surface area contributed by atoms with E-state index < -0.39 is 12.1 Å². The third-order valence-electron chi connectivity index (χ3n) is 4.75. The van der Waals surface area contributed by atoms with Crippen LogP contribution >= 0.6 is 0 Å². The number of aromatic nitrogens is 6. The predicted octanol–water partition coefficient (Wildman–Crippen LogP) is 2.31. The van der Waals surface area contributed by atoms with Crippen molar-refractivity contribution in [3.05, 3.63) is 42.9 Å². The van der Waals surface area contributed by atoms with Crippen LogP contribution in [0.4, 0.5) is 19.1 Å². The maximum atomic E-state index is 12.3. The van der Waals surface area contributed by atoms with E-state index in [4.69, 9.17) is 15.2 Å². The van der Waals surface area contributed by atoms with E-state index in [1.807, 2.05) is 0 Å². The number of halogens is 3. The standard InChI is InChI=1S/C21H19F3N8O3/c1-34-15-10-14-12(9-16(15)35-8-4-7-27-19(33)21(22,23)24)18(29-11-28-14)32-20(25)30-17(31-32)13-5-2-3-6-26-13/h2-3,5-6,9-11H,4,7-8H2,1H3,(H,27,33)(H2,25,30,31). The van der Waals surface area contributed by atoms with Crippen LogP contribution in [0.2, 0.25) is 0 Å². The van der Waals surface area contributed by atoms with Gasteiger partial charge in [0.25, 0.3) is 0 Å². The molecule has 3 aromatic heterocycles. The zero-order chi connectivity index (χ0) is 25.0. The third kappa shape index (κ3) is 5.20. The van der Waals surface area contributed by atoms with Gasteiger partial charge in [0, 0.05) is 24.2 Å². The minimum Gasteiger partial charge on any atom is -0.493 e. The van der Waals surface area contributed by atoms with Gasteiger partial charge in [-0.3, -0.25) is 9.78 Å². The summed E-state index contributed by atoms with van der Waals surface area (Å²) in [6.07, 6.45) is -1.86. The number of ether oxygens (including phenoxy) is 2. The summed E-state index contributed by atoms with van der Waals surface area (Å²) in [5, 5.41) is 6.72. The lowest BCUT2D eigenvalue weighted by molar-refractivity contribution is -0.173. The Morgan fingerprint density at radius 2 is 2.00 bits per heavy atom. The Hall–Kier alpha value is -4.49. The van der Waals surface area contributed by atoms with Crippen molar-refractivity contribution in [3.8, 4) is 28.8 Å². The summed E-state index contributed by atoms with van der Waals surface area (Å²) in [5.74, 6) is -0.653. The highest BCUT2D eigenvalue weighted by Crippen LogP contribution is 2.34. The fourth-order valence-corrected chi connectivity index (χ4v) is 3.13. The van der Waals surface area contributed by atoms with Gasteiger partial charge in [-0.1, -0.05) is 6.07 Å². The number of nitrogens with zero attached hydrogens (tertiary/aromatic N) is 6. The summed E-state index contributed by atoms with van der Waals surface area (Å²) < 4.78 is 49.2. The normalized spacial score (nSPS) is 11.4. The first-order valence-electron chi connectivity index (χ1n) is 10.2. The molecular formula is C21H19F3N8O3. The number of anilines is 1. The van der Waals surface area contributed by atoms with E-state index >= 15 is 0 Å². The van der Waals surface area contributed by atoms with Crippen molar-refractivity contribution in [3.63, 3.8) is 0 Å². The first-order chi connectivity index (χ1) is 16.8. The SMILES string of the molecule is COc1cc2ncnc(-n3nc(-c4ccccn4)nc3N)c2cc1OCCCNC(=O)C(F)(F)F. The lowest BCUT2D eigenvalue weighted by atomic mass is 10.2. The summed E-state index contributed by atoms with van der Waals surface area (Å²) in [7, 11) is 1.44. The van der Waals surface area contributed by atoms with Gasteiger partial charge in [0.15, 0.2) is 17.3 Å². The molecule has 0 atom stereocenters. The summed E-state index contributed by atoms with van der Waals surface area (Å²) in [6.45, 7) is -0.202. The van der Waals surface area contributed by atoms with Gasteiger partial charge < -0.3 is 20.5 Å². The highest BCUT2D eigenvalue weighted by Gasteiger charge is 2.38.